The fourth-order valence-electron chi connectivity index (χ4n) is 4.35. The first-order chi connectivity index (χ1) is 13.1. The van der Waals surface area contributed by atoms with Crippen molar-refractivity contribution in [3.05, 3.63) is 52.1 Å². The summed E-state index contributed by atoms with van der Waals surface area (Å²) < 4.78 is 16.4. The molecule has 2 aromatic carbocycles. The molecule has 0 amide bonds. The molecule has 2 aliphatic rings. The zero-order valence-electron chi connectivity index (χ0n) is 15.7. The minimum absolute atomic E-state index is 0.156. The highest BCUT2D eigenvalue weighted by molar-refractivity contribution is 5.91. The standard InChI is InChI=1S/C21H23NO5/c1-25-18-5-4-12-8-17-14-10-15(21(23)24)19(26-2)9-13(14)6-7-22(17)11-16(12)20(18)27-3/h4-5,9-10,17H,6-8,11H2,1-3H3,(H,23,24)/t17-/m0/s1. The molecule has 0 saturated carbocycles. The predicted octanol–water partition coefficient (Wildman–Crippen LogP) is 3.07. The van der Waals surface area contributed by atoms with Crippen molar-refractivity contribution < 1.29 is 24.1 Å². The van der Waals surface area contributed by atoms with E-state index in [9.17, 15) is 9.90 Å². The molecule has 2 aromatic rings. The van der Waals surface area contributed by atoms with Crippen molar-refractivity contribution in [2.75, 3.05) is 27.9 Å². The van der Waals surface area contributed by atoms with Gasteiger partial charge in [-0.3, -0.25) is 4.90 Å². The minimum atomic E-state index is -0.964. The van der Waals surface area contributed by atoms with Gasteiger partial charge in [0.2, 0.25) is 0 Å². The number of nitrogens with zero attached hydrogens (tertiary/aromatic N) is 1. The van der Waals surface area contributed by atoms with Crippen LogP contribution in [0.2, 0.25) is 0 Å². The van der Waals surface area contributed by atoms with Crippen LogP contribution < -0.4 is 14.2 Å². The van der Waals surface area contributed by atoms with Crippen molar-refractivity contribution in [3.63, 3.8) is 0 Å². The van der Waals surface area contributed by atoms with Gasteiger partial charge in [0.15, 0.2) is 11.5 Å². The summed E-state index contributed by atoms with van der Waals surface area (Å²) in [7, 11) is 4.83. The Morgan fingerprint density at radius 3 is 2.52 bits per heavy atom. The van der Waals surface area contributed by atoms with Crippen molar-refractivity contribution in [1.82, 2.24) is 4.90 Å². The SMILES string of the molecule is COc1cc2c(cc1C(=O)O)[C@@H]1Cc3ccc(OC)c(OC)c3CN1CC2. The molecule has 0 saturated heterocycles. The topological polar surface area (TPSA) is 68.2 Å². The summed E-state index contributed by atoms with van der Waals surface area (Å²) >= 11 is 0. The Kier molecular flexibility index (Phi) is 4.44. The van der Waals surface area contributed by atoms with Crippen LogP contribution in [0.4, 0.5) is 0 Å². The molecule has 6 heteroatoms. The third-order valence-corrected chi connectivity index (χ3v) is 5.68. The normalized spacial score (nSPS) is 18.1. The van der Waals surface area contributed by atoms with Crippen molar-refractivity contribution in [3.8, 4) is 17.2 Å². The molecule has 0 bridgehead atoms. The van der Waals surface area contributed by atoms with E-state index in [0.29, 0.717) is 5.75 Å². The first kappa shape index (κ1) is 17.7. The molecule has 142 valence electrons. The average molecular weight is 369 g/mol. The van der Waals surface area contributed by atoms with Crippen LogP contribution in [-0.2, 0) is 19.4 Å². The van der Waals surface area contributed by atoms with E-state index in [2.05, 4.69) is 11.0 Å². The second-order valence-electron chi connectivity index (χ2n) is 6.94. The molecule has 0 radical (unpaired) electrons. The molecule has 6 nitrogen and oxygen atoms in total. The lowest BCUT2D eigenvalue weighted by molar-refractivity contribution is 0.0692. The summed E-state index contributed by atoms with van der Waals surface area (Å²) in [5.41, 5.74) is 4.84. The maximum atomic E-state index is 11.7. The lowest BCUT2D eigenvalue weighted by atomic mass is 9.83. The second-order valence-corrected chi connectivity index (χ2v) is 6.94. The molecule has 2 heterocycles. The van der Waals surface area contributed by atoms with E-state index in [1.165, 1.54) is 18.2 Å². The molecule has 1 atom stereocenters. The maximum Gasteiger partial charge on any atom is 0.339 e. The third kappa shape index (κ3) is 2.80. The van der Waals surface area contributed by atoms with Crippen LogP contribution in [0.1, 0.15) is 38.7 Å². The van der Waals surface area contributed by atoms with Gasteiger partial charge in [-0.1, -0.05) is 6.07 Å². The lowest BCUT2D eigenvalue weighted by Gasteiger charge is -2.42. The van der Waals surface area contributed by atoms with Crippen LogP contribution in [-0.4, -0.2) is 43.8 Å². The fraction of sp³-hybridized carbons (Fsp3) is 0.381. The summed E-state index contributed by atoms with van der Waals surface area (Å²) in [4.78, 5) is 14.0. The van der Waals surface area contributed by atoms with Gasteiger partial charge in [0.05, 0.1) is 21.3 Å². The number of hydrogen-bond donors (Lipinski definition) is 1. The van der Waals surface area contributed by atoms with E-state index in [0.717, 1.165) is 48.6 Å². The number of carboxylic acids is 1. The van der Waals surface area contributed by atoms with Gasteiger partial charge in [-0.2, -0.15) is 0 Å². The zero-order valence-corrected chi connectivity index (χ0v) is 15.7. The van der Waals surface area contributed by atoms with E-state index >= 15 is 0 Å². The predicted molar refractivity (Wildman–Crippen MR) is 100 cm³/mol. The van der Waals surface area contributed by atoms with E-state index in [-0.39, 0.29) is 11.6 Å². The Morgan fingerprint density at radius 2 is 1.85 bits per heavy atom. The van der Waals surface area contributed by atoms with Crippen molar-refractivity contribution in [1.29, 1.82) is 0 Å². The molecule has 4 rings (SSSR count). The van der Waals surface area contributed by atoms with Crippen molar-refractivity contribution in [2.24, 2.45) is 0 Å². The van der Waals surface area contributed by atoms with Crippen molar-refractivity contribution >= 4 is 5.97 Å². The largest absolute Gasteiger partial charge is 0.496 e. The number of aromatic carboxylic acids is 1. The van der Waals surface area contributed by atoms with Gasteiger partial charge in [-0.05, 0) is 47.7 Å². The molecular formula is C21H23NO5. The van der Waals surface area contributed by atoms with E-state index in [4.69, 9.17) is 14.2 Å². The van der Waals surface area contributed by atoms with Gasteiger partial charge in [-0.25, -0.2) is 4.79 Å². The van der Waals surface area contributed by atoms with Gasteiger partial charge < -0.3 is 19.3 Å². The van der Waals surface area contributed by atoms with Gasteiger partial charge in [0.25, 0.3) is 0 Å². The first-order valence-corrected chi connectivity index (χ1v) is 8.98. The van der Waals surface area contributed by atoms with E-state index in [1.54, 1.807) is 20.3 Å². The van der Waals surface area contributed by atoms with Gasteiger partial charge in [-0.15, -0.1) is 0 Å². The highest BCUT2D eigenvalue weighted by Crippen LogP contribution is 2.44. The lowest BCUT2D eigenvalue weighted by Crippen LogP contribution is -2.39. The molecule has 27 heavy (non-hydrogen) atoms. The monoisotopic (exact) mass is 369 g/mol. The molecule has 0 aliphatic carbocycles. The molecule has 0 spiro atoms. The summed E-state index contributed by atoms with van der Waals surface area (Å²) in [6.45, 7) is 1.67. The summed E-state index contributed by atoms with van der Waals surface area (Å²) in [5, 5.41) is 9.55. The average Bonchev–Trinajstić information content (AvgIpc) is 2.70. The molecular weight excluding hydrogens is 346 g/mol. The number of ether oxygens (including phenoxy) is 3. The van der Waals surface area contributed by atoms with Gasteiger partial charge >= 0.3 is 5.97 Å². The van der Waals surface area contributed by atoms with Gasteiger partial charge in [0, 0.05) is 24.7 Å². The number of carboxylic acid groups (broad SMARTS) is 1. The highest BCUT2D eigenvalue weighted by Gasteiger charge is 2.35. The zero-order chi connectivity index (χ0) is 19.1. The van der Waals surface area contributed by atoms with Crippen LogP contribution in [0.15, 0.2) is 24.3 Å². The fourth-order valence-corrected chi connectivity index (χ4v) is 4.35. The molecule has 1 N–H and O–H groups in total. The molecule has 0 fully saturated rings. The third-order valence-electron chi connectivity index (χ3n) is 5.68. The summed E-state index contributed by atoms with van der Waals surface area (Å²) in [6, 6.07) is 7.86. The Bertz CT molecular complexity index is 908. The van der Waals surface area contributed by atoms with E-state index < -0.39 is 5.97 Å². The van der Waals surface area contributed by atoms with Crippen LogP contribution in [0, 0.1) is 0 Å². The Morgan fingerprint density at radius 1 is 1.07 bits per heavy atom. The number of benzene rings is 2. The van der Waals surface area contributed by atoms with E-state index in [1.807, 2.05) is 12.1 Å². The van der Waals surface area contributed by atoms with Gasteiger partial charge in [0.1, 0.15) is 11.3 Å². The molecule has 0 unspecified atom stereocenters. The number of methoxy groups -OCH3 is 3. The molecule has 0 aromatic heterocycles. The van der Waals surface area contributed by atoms with Crippen LogP contribution >= 0.6 is 0 Å². The Labute approximate surface area is 158 Å². The minimum Gasteiger partial charge on any atom is -0.496 e. The number of fused-ring (bicyclic) bond motifs is 4. The van der Waals surface area contributed by atoms with Crippen LogP contribution in [0.5, 0.6) is 17.2 Å². The first-order valence-electron chi connectivity index (χ1n) is 8.98. The summed E-state index contributed by atoms with van der Waals surface area (Å²) in [6.07, 6.45) is 1.68. The quantitative estimate of drug-likeness (QED) is 0.893. The van der Waals surface area contributed by atoms with Crippen molar-refractivity contribution in [2.45, 2.75) is 25.4 Å². The smallest absolute Gasteiger partial charge is 0.339 e. The second kappa shape index (κ2) is 6.78. The number of rotatable bonds is 4. The highest BCUT2D eigenvalue weighted by atomic mass is 16.5. The number of hydrogen-bond acceptors (Lipinski definition) is 5. The number of carbonyl (C=O) groups is 1. The van der Waals surface area contributed by atoms with Crippen LogP contribution in [0.25, 0.3) is 0 Å². The van der Waals surface area contributed by atoms with Crippen LogP contribution in [0.3, 0.4) is 0 Å². The Balaban J connectivity index is 1.78. The maximum absolute atomic E-state index is 11.7. The Hall–Kier alpha value is -2.73. The summed E-state index contributed by atoms with van der Waals surface area (Å²) in [5.74, 6) is 0.997. The molecule has 2 aliphatic heterocycles.